The van der Waals surface area contributed by atoms with Gasteiger partial charge in [0.05, 0.1) is 6.61 Å². The third-order valence-corrected chi connectivity index (χ3v) is 5.71. The average molecular weight is 483 g/mol. The molecular formula is C30H30N2O4. The zero-order valence-corrected chi connectivity index (χ0v) is 20.4. The van der Waals surface area contributed by atoms with Crippen molar-refractivity contribution in [2.45, 2.75) is 26.5 Å². The van der Waals surface area contributed by atoms with Crippen LogP contribution in [0.1, 0.15) is 23.6 Å². The number of hydrogen-bond donors (Lipinski definition) is 1. The van der Waals surface area contributed by atoms with E-state index in [1.807, 2.05) is 89.6 Å². The van der Waals surface area contributed by atoms with Crippen molar-refractivity contribution in [2.75, 3.05) is 13.2 Å². The number of carbonyl (C=O) groups excluding carboxylic acids is 2. The van der Waals surface area contributed by atoms with Crippen molar-refractivity contribution in [3.63, 3.8) is 0 Å². The Kier molecular flexibility index (Phi) is 8.54. The number of esters is 1. The molecule has 0 unspecified atom stereocenters. The first kappa shape index (κ1) is 24.8. The van der Waals surface area contributed by atoms with E-state index in [1.165, 1.54) is 11.6 Å². The fourth-order valence-corrected chi connectivity index (χ4v) is 3.95. The lowest BCUT2D eigenvalue weighted by Crippen LogP contribution is -2.29. The van der Waals surface area contributed by atoms with E-state index < -0.39 is 5.97 Å². The fourth-order valence-electron chi connectivity index (χ4n) is 3.95. The monoisotopic (exact) mass is 482 g/mol. The van der Waals surface area contributed by atoms with Crippen LogP contribution in [-0.4, -0.2) is 29.6 Å². The molecule has 4 rings (SSSR count). The molecule has 0 saturated heterocycles. The molecule has 0 aliphatic carbocycles. The van der Waals surface area contributed by atoms with Crippen LogP contribution in [0.15, 0.2) is 91.1 Å². The largest absolute Gasteiger partial charge is 0.489 e. The van der Waals surface area contributed by atoms with Crippen molar-refractivity contribution in [2.24, 2.45) is 0 Å². The van der Waals surface area contributed by atoms with Gasteiger partial charge in [-0.2, -0.15) is 0 Å². The topological polar surface area (TPSA) is 69.6 Å². The normalized spacial score (nSPS) is 11.0. The molecule has 3 aromatic carbocycles. The molecule has 0 fully saturated rings. The molecule has 36 heavy (non-hydrogen) atoms. The van der Waals surface area contributed by atoms with E-state index in [4.69, 9.17) is 9.47 Å². The Balaban J connectivity index is 1.50. The summed E-state index contributed by atoms with van der Waals surface area (Å²) in [5.41, 5.74) is 3.94. The maximum Gasteiger partial charge on any atom is 0.330 e. The summed E-state index contributed by atoms with van der Waals surface area (Å²) in [7, 11) is 0. The smallest absolute Gasteiger partial charge is 0.330 e. The molecule has 0 aliphatic rings. The van der Waals surface area contributed by atoms with E-state index in [9.17, 15) is 9.59 Å². The van der Waals surface area contributed by atoms with Gasteiger partial charge in [-0.05, 0) is 48.7 Å². The van der Waals surface area contributed by atoms with Crippen molar-refractivity contribution in [1.82, 2.24) is 9.88 Å². The minimum absolute atomic E-state index is 0.0758. The molecule has 1 amide bonds. The van der Waals surface area contributed by atoms with Crippen LogP contribution in [-0.2, 0) is 33.9 Å². The summed E-state index contributed by atoms with van der Waals surface area (Å²) in [5.74, 6) is 0.226. The highest BCUT2D eigenvalue weighted by molar-refractivity contribution is 5.95. The molecule has 4 aromatic rings. The van der Waals surface area contributed by atoms with Crippen LogP contribution in [0.5, 0.6) is 5.75 Å². The van der Waals surface area contributed by atoms with Gasteiger partial charge < -0.3 is 19.4 Å². The van der Waals surface area contributed by atoms with Gasteiger partial charge in [0.15, 0.2) is 0 Å². The molecule has 0 spiro atoms. The zero-order chi connectivity index (χ0) is 25.2. The molecule has 0 aliphatic heterocycles. The SMILES string of the molecule is CCOC(=O)C=Cc1cn(CC(=O)NCCc2ccccc2)c2ccc(OCc3ccccc3)cc12. The zero-order valence-electron chi connectivity index (χ0n) is 20.4. The minimum Gasteiger partial charge on any atom is -0.489 e. The lowest BCUT2D eigenvalue weighted by molar-refractivity contribution is -0.137. The van der Waals surface area contributed by atoms with E-state index in [1.54, 1.807) is 13.0 Å². The Morgan fingerprint density at radius 1 is 0.944 bits per heavy atom. The maximum absolute atomic E-state index is 12.7. The van der Waals surface area contributed by atoms with E-state index in [-0.39, 0.29) is 12.5 Å². The van der Waals surface area contributed by atoms with Crippen molar-refractivity contribution in [3.8, 4) is 5.75 Å². The van der Waals surface area contributed by atoms with E-state index in [0.717, 1.165) is 28.5 Å². The summed E-state index contributed by atoms with van der Waals surface area (Å²) < 4.78 is 12.9. The predicted molar refractivity (Wildman–Crippen MR) is 142 cm³/mol. The van der Waals surface area contributed by atoms with Gasteiger partial charge in [0.1, 0.15) is 18.9 Å². The highest BCUT2D eigenvalue weighted by atomic mass is 16.5. The molecule has 1 heterocycles. The highest BCUT2D eigenvalue weighted by Crippen LogP contribution is 2.28. The summed E-state index contributed by atoms with van der Waals surface area (Å²) in [6, 6.07) is 25.8. The van der Waals surface area contributed by atoms with Crippen molar-refractivity contribution >= 4 is 28.9 Å². The van der Waals surface area contributed by atoms with Gasteiger partial charge >= 0.3 is 5.97 Å². The summed E-state index contributed by atoms with van der Waals surface area (Å²) in [5, 5.41) is 3.88. The van der Waals surface area contributed by atoms with Gasteiger partial charge in [0, 0.05) is 35.3 Å². The van der Waals surface area contributed by atoms with Crippen molar-refractivity contribution in [1.29, 1.82) is 0 Å². The Hall–Kier alpha value is -4.32. The Morgan fingerprint density at radius 3 is 2.39 bits per heavy atom. The number of nitrogens with zero attached hydrogens (tertiary/aromatic N) is 1. The van der Waals surface area contributed by atoms with Crippen LogP contribution in [0.25, 0.3) is 17.0 Å². The minimum atomic E-state index is -0.409. The summed E-state index contributed by atoms with van der Waals surface area (Å²) >= 11 is 0. The first-order chi connectivity index (χ1) is 17.6. The lowest BCUT2D eigenvalue weighted by atomic mass is 10.1. The molecule has 6 nitrogen and oxygen atoms in total. The number of amides is 1. The molecule has 1 N–H and O–H groups in total. The van der Waals surface area contributed by atoms with Crippen LogP contribution < -0.4 is 10.1 Å². The second-order valence-corrected chi connectivity index (χ2v) is 8.34. The number of fused-ring (bicyclic) bond motifs is 1. The lowest BCUT2D eigenvalue weighted by Gasteiger charge is -2.09. The molecule has 0 atom stereocenters. The average Bonchev–Trinajstić information content (AvgIpc) is 3.24. The molecule has 1 aromatic heterocycles. The van der Waals surface area contributed by atoms with Gasteiger partial charge in [0.25, 0.3) is 0 Å². The van der Waals surface area contributed by atoms with E-state index in [2.05, 4.69) is 5.32 Å². The molecule has 0 radical (unpaired) electrons. The number of benzene rings is 3. The first-order valence-electron chi connectivity index (χ1n) is 12.1. The van der Waals surface area contributed by atoms with Crippen LogP contribution in [0.4, 0.5) is 0 Å². The third-order valence-electron chi connectivity index (χ3n) is 5.71. The standard InChI is InChI=1S/C30H30N2O4/c1-2-35-30(34)16-13-25-20-32(21-29(33)31-18-17-23-9-5-3-6-10-23)28-15-14-26(19-27(25)28)36-22-24-11-7-4-8-12-24/h3-16,19-20H,2,17-18,21-22H2,1H3,(H,31,33). The molecule has 0 saturated carbocycles. The van der Waals surface area contributed by atoms with Gasteiger partial charge in [-0.1, -0.05) is 60.7 Å². The van der Waals surface area contributed by atoms with Gasteiger partial charge in [-0.25, -0.2) is 4.79 Å². The highest BCUT2D eigenvalue weighted by Gasteiger charge is 2.12. The quantitative estimate of drug-likeness (QED) is 0.237. The van der Waals surface area contributed by atoms with E-state index >= 15 is 0 Å². The van der Waals surface area contributed by atoms with E-state index in [0.29, 0.717) is 25.5 Å². The van der Waals surface area contributed by atoms with Gasteiger partial charge in [-0.3, -0.25) is 4.79 Å². The summed E-state index contributed by atoms with van der Waals surface area (Å²) in [4.78, 5) is 24.6. The number of ether oxygens (including phenoxy) is 2. The molecular weight excluding hydrogens is 452 g/mol. The predicted octanol–water partition coefficient (Wildman–Crippen LogP) is 5.16. The van der Waals surface area contributed by atoms with Crippen LogP contribution in [0.3, 0.4) is 0 Å². The number of aromatic nitrogens is 1. The molecule has 184 valence electrons. The van der Waals surface area contributed by atoms with Crippen LogP contribution >= 0.6 is 0 Å². The van der Waals surface area contributed by atoms with Crippen LogP contribution in [0, 0.1) is 0 Å². The summed E-state index contributed by atoms with van der Waals surface area (Å²) in [6.45, 7) is 3.26. The third kappa shape index (κ3) is 6.85. The number of hydrogen-bond acceptors (Lipinski definition) is 4. The number of carbonyl (C=O) groups is 2. The second kappa shape index (κ2) is 12.4. The first-order valence-corrected chi connectivity index (χ1v) is 12.1. The number of nitrogens with one attached hydrogen (secondary N) is 1. The summed E-state index contributed by atoms with van der Waals surface area (Å²) in [6.07, 6.45) is 5.76. The van der Waals surface area contributed by atoms with Gasteiger partial charge in [-0.15, -0.1) is 0 Å². The van der Waals surface area contributed by atoms with Crippen molar-refractivity contribution < 1.29 is 19.1 Å². The fraction of sp³-hybridized carbons (Fsp3) is 0.200. The Labute approximate surface area is 211 Å². The van der Waals surface area contributed by atoms with Crippen molar-refractivity contribution in [3.05, 3.63) is 108 Å². The Morgan fingerprint density at radius 2 is 1.67 bits per heavy atom. The molecule has 6 heteroatoms. The number of rotatable bonds is 11. The van der Waals surface area contributed by atoms with Crippen LogP contribution in [0.2, 0.25) is 0 Å². The molecule has 0 bridgehead atoms. The second-order valence-electron chi connectivity index (χ2n) is 8.34. The maximum atomic E-state index is 12.7. The van der Waals surface area contributed by atoms with Gasteiger partial charge in [0.2, 0.25) is 5.91 Å². The Bertz CT molecular complexity index is 1330.